The van der Waals surface area contributed by atoms with Gasteiger partial charge >= 0.3 is 0 Å². The summed E-state index contributed by atoms with van der Waals surface area (Å²) in [6.45, 7) is 4.71. The predicted octanol–water partition coefficient (Wildman–Crippen LogP) is 0.101. The Bertz CT molecular complexity index is 480. The van der Waals surface area contributed by atoms with Crippen LogP contribution in [0.15, 0.2) is 23.2 Å². The molecule has 1 heterocycles. The molecule has 0 fully saturated rings. The summed E-state index contributed by atoms with van der Waals surface area (Å²) < 4.78 is 26.3. The molecule has 17 heavy (non-hydrogen) atoms. The Balaban J connectivity index is 3.01. The molecule has 0 aliphatic heterocycles. The maximum atomic E-state index is 12.0. The van der Waals surface area contributed by atoms with Crippen LogP contribution in [0.2, 0.25) is 0 Å². The van der Waals surface area contributed by atoms with Crippen LogP contribution in [0, 0.1) is 0 Å². The van der Waals surface area contributed by atoms with Crippen LogP contribution in [0.4, 0.5) is 5.82 Å². The molecule has 7 heteroatoms. The summed E-state index contributed by atoms with van der Waals surface area (Å²) in [5, 5.41) is 9.47. The lowest BCUT2D eigenvalue weighted by molar-refractivity contribution is 0.111. The summed E-state index contributed by atoms with van der Waals surface area (Å²) >= 11 is 0. The average molecular weight is 259 g/mol. The van der Waals surface area contributed by atoms with E-state index in [0.717, 1.165) is 0 Å². The molecule has 6 nitrogen and oxygen atoms in total. The van der Waals surface area contributed by atoms with Gasteiger partial charge in [-0.3, -0.25) is 0 Å². The first kappa shape index (κ1) is 13.9. The first-order chi connectivity index (χ1) is 7.65. The van der Waals surface area contributed by atoms with Crippen molar-refractivity contribution in [2.45, 2.75) is 37.3 Å². The van der Waals surface area contributed by atoms with E-state index >= 15 is 0 Å². The van der Waals surface area contributed by atoms with Crippen molar-refractivity contribution in [1.82, 2.24) is 9.71 Å². The number of rotatable bonds is 4. The molecule has 96 valence electrons. The lowest BCUT2D eigenvalue weighted by Crippen LogP contribution is -2.50. The van der Waals surface area contributed by atoms with Gasteiger partial charge in [0.05, 0.1) is 11.6 Å². The van der Waals surface area contributed by atoms with Crippen LogP contribution < -0.4 is 10.5 Å². The van der Waals surface area contributed by atoms with Crippen LogP contribution in [0.25, 0.3) is 0 Å². The molecule has 1 unspecified atom stereocenters. The third-order valence-electron chi connectivity index (χ3n) is 2.51. The number of nitrogens with zero attached hydrogens (tertiary/aromatic N) is 1. The molecule has 0 aromatic carbocycles. The van der Waals surface area contributed by atoms with Crippen molar-refractivity contribution in [1.29, 1.82) is 0 Å². The zero-order valence-electron chi connectivity index (χ0n) is 10.0. The third-order valence-corrected chi connectivity index (χ3v) is 4.17. The first-order valence-electron chi connectivity index (χ1n) is 5.09. The van der Waals surface area contributed by atoms with Crippen LogP contribution in [-0.4, -0.2) is 30.2 Å². The molecule has 0 aliphatic carbocycles. The molecule has 4 N–H and O–H groups in total. The summed E-state index contributed by atoms with van der Waals surface area (Å²) in [6, 6.07) is 2.77. The summed E-state index contributed by atoms with van der Waals surface area (Å²) in [7, 11) is -3.71. The fourth-order valence-electron chi connectivity index (χ4n) is 1.04. The Morgan fingerprint density at radius 3 is 2.47 bits per heavy atom. The molecular weight excluding hydrogens is 242 g/mol. The number of pyridine rings is 1. The highest BCUT2D eigenvalue weighted by Crippen LogP contribution is 2.15. The van der Waals surface area contributed by atoms with Gasteiger partial charge in [-0.25, -0.2) is 18.1 Å². The number of sulfonamides is 1. The van der Waals surface area contributed by atoms with E-state index < -0.39 is 21.7 Å². The summed E-state index contributed by atoms with van der Waals surface area (Å²) in [5.41, 5.74) is 4.42. The van der Waals surface area contributed by atoms with Crippen LogP contribution in [-0.2, 0) is 10.0 Å². The van der Waals surface area contributed by atoms with Gasteiger partial charge in [-0.1, -0.05) is 0 Å². The number of hydrogen-bond acceptors (Lipinski definition) is 5. The quantitative estimate of drug-likeness (QED) is 0.711. The maximum absolute atomic E-state index is 12.0. The molecule has 1 aromatic rings. The van der Waals surface area contributed by atoms with Crippen molar-refractivity contribution in [3.63, 3.8) is 0 Å². The van der Waals surface area contributed by atoms with Gasteiger partial charge < -0.3 is 10.8 Å². The molecule has 0 radical (unpaired) electrons. The van der Waals surface area contributed by atoms with E-state index in [0.29, 0.717) is 0 Å². The zero-order chi connectivity index (χ0) is 13.3. The van der Waals surface area contributed by atoms with Gasteiger partial charge in [0.1, 0.15) is 10.7 Å². The molecule has 1 atom stereocenters. The largest absolute Gasteiger partial charge is 0.391 e. The van der Waals surface area contributed by atoms with Gasteiger partial charge in [0, 0.05) is 6.20 Å². The second-order valence-corrected chi connectivity index (χ2v) is 6.10. The number of anilines is 1. The summed E-state index contributed by atoms with van der Waals surface area (Å²) in [4.78, 5) is 3.73. The molecule has 0 saturated heterocycles. The Morgan fingerprint density at radius 1 is 1.47 bits per heavy atom. The first-order valence-corrected chi connectivity index (χ1v) is 6.57. The molecule has 0 saturated carbocycles. The fourth-order valence-corrected chi connectivity index (χ4v) is 2.46. The van der Waals surface area contributed by atoms with E-state index in [2.05, 4.69) is 9.71 Å². The number of nitrogen functional groups attached to an aromatic ring is 1. The van der Waals surface area contributed by atoms with Crippen molar-refractivity contribution in [3.05, 3.63) is 18.3 Å². The Morgan fingerprint density at radius 2 is 2.06 bits per heavy atom. The van der Waals surface area contributed by atoms with Crippen LogP contribution >= 0.6 is 0 Å². The van der Waals surface area contributed by atoms with E-state index in [1.54, 1.807) is 13.8 Å². The second kappa shape index (κ2) is 4.59. The van der Waals surface area contributed by atoms with Crippen molar-refractivity contribution < 1.29 is 13.5 Å². The van der Waals surface area contributed by atoms with E-state index in [9.17, 15) is 13.5 Å². The number of hydrogen-bond donors (Lipinski definition) is 3. The monoisotopic (exact) mass is 259 g/mol. The smallest absolute Gasteiger partial charge is 0.242 e. The Labute approximate surface area is 101 Å². The minimum atomic E-state index is -3.71. The molecule has 0 amide bonds. The summed E-state index contributed by atoms with van der Waals surface area (Å²) in [5.74, 6) is 0.249. The van der Waals surface area contributed by atoms with Gasteiger partial charge in [0.25, 0.3) is 0 Å². The summed E-state index contributed by atoms with van der Waals surface area (Å²) in [6.07, 6.45) is 0.356. The van der Waals surface area contributed by atoms with Crippen molar-refractivity contribution in [2.75, 3.05) is 5.73 Å². The minimum Gasteiger partial charge on any atom is -0.391 e. The highest BCUT2D eigenvalue weighted by Gasteiger charge is 2.30. The molecule has 1 rings (SSSR count). The molecule has 0 aliphatic rings. The van der Waals surface area contributed by atoms with Gasteiger partial charge in [-0.2, -0.15) is 0 Å². The molecule has 1 aromatic heterocycles. The lowest BCUT2D eigenvalue weighted by Gasteiger charge is -2.28. The number of nitrogens with one attached hydrogen (secondary N) is 1. The molecular formula is C10H17N3O3S. The van der Waals surface area contributed by atoms with Gasteiger partial charge in [0.15, 0.2) is 0 Å². The number of aromatic nitrogens is 1. The van der Waals surface area contributed by atoms with Crippen molar-refractivity contribution >= 4 is 15.8 Å². The number of aliphatic hydroxyl groups is 1. The molecule has 0 bridgehead atoms. The zero-order valence-corrected chi connectivity index (χ0v) is 10.8. The van der Waals surface area contributed by atoms with E-state index in [1.165, 1.54) is 25.3 Å². The number of aliphatic hydroxyl groups excluding tert-OH is 1. The van der Waals surface area contributed by atoms with Crippen molar-refractivity contribution in [2.24, 2.45) is 0 Å². The normalized spacial score (nSPS) is 14.6. The van der Waals surface area contributed by atoms with Gasteiger partial charge in [-0.15, -0.1) is 0 Å². The maximum Gasteiger partial charge on any atom is 0.242 e. The average Bonchev–Trinajstić information content (AvgIpc) is 2.16. The highest BCUT2D eigenvalue weighted by atomic mass is 32.2. The number of nitrogens with two attached hydrogens (primary N) is 1. The van der Waals surface area contributed by atoms with Crippen LogP contribution in [0.1, 0.15) is 20.8 Å². The lowest BCUT2D eigenvalue weighted by atomic mass is 10.0. The fraction of sp³-hybridized carbons (Fsp3) is 0.500. The second-order valence-electron chi connectivity index (χ2n) is 4.42. The van der Waals surface area contributed by atoms with E-state index in [4.69, 9.17) is 5.73 Å². The van der Waals surface area contributed by atoms with Crippen molar-refractivity contribution in [3.8, 4) is 0 Å². The van der Waals surface area contributed by atoms with Crippen LogP contribution in [0.3, 0.4) is 0 Å². The minimum absolute atomic E-state index is 0.0143. The van der Waals surface area contributed by atoms with Crippen LogP contribution in [0.5, 0.6) is 0 Å². The highest BCUT2D eigenvalue weighted by molar-refractivity contribution is 7.89. The van der Waals surface area contributed by atoms with E-state index in [-0.39, 0.29) is 10.7 Å². The third kappa shape index (κ3) is 3.39. The predicted molar refractivity (Wildman–Crippen MR) is 64.7 cm³/mol. The van der Waals surface area contributed by atoms with Gasteiger partial charge in [-0.05, 0) is 32.9 Å². The Hall–Kier alpha value is -1.18. The SMILES string of the molecule is CC(O)C(C)(C)NS(=O)(=O)c1ccc(N)nc1. The Kier molecular flexibility index (Phi) is 3.75. The standard InChI is InChI=1S/C10H17N3O3S/c1-7(14)10(2,3)13-17(15,16)8-4-5-9(11)12-6-8/h4-7,13-14H,1-3H3,(H2,11,12). The van der Waals surface area contributed by atoms with E-state index in [1.807, 2.05) is 0 Å². The van der Waals surface area contributed by atoms with Gasteiger partial charge in [0.2, 0.25) is 10.0 Å². The topological polar surface area (TPSA) is 105 Å². The molecule has 0 spiro atoms.